The SMILES string of the molecule is O=C(CN1CCC[C@@H](c2cccc(Cc3ccc(F)cc3)n2)C1)N1CCCCC1. The number of hydrogen-bond donors (Lipinski definition) is 0. The van der Waals surface area contributed by atoms with Crippen LogP contribution in [0.15, 0.2) is 42.5 Å². The second kappa shape index (κ2) is 9.49. The van der Waals surface area contributed by atoms with E-state index in [1.54, 1.807) is 0 Å². The van der Waals surface area contributed by atoms with E-state index in [2.05, 4.69) is 17.0 Å². The van der Waals surface area contributed by atoms with Gasteiger partial charge in [0.2, 0.25) is 5.91 Å². The van der Waals surface area contributed by atoms with Gasteiger partial charge in [0.05, 0.1) is 6.54 Å². The summed E-state index contributed by atoms with van der Waals surface area (Å²) in [7, 11) is 0. The van der Waals surface area contributed by atoms with Gasteiger partial charge in [-0.1, -0.05) is 18.2 Å². The molecule has 154 valence electrons. The molecule has 0 aliphatic carbocycles. The van der Waals surface area contributed by atoms with Crippen LogP contribution in [0.4, 0.5) is 4.39 Å². The molecule has 1 aromatic heterocycles. The van der Waals surface area contributed by atoms with Gasteiger partial charge in [0.25, 0.3) is 0 Å². The molecule has 4 nitrogen and oxygen atoms in total. The van der Waals surface area contributed by atoms with E-state index in [9.17, 15) is 9.18 Å². The zero-order chi connectivity index (χ0) is 20.1. The zero-order valence-electron chi connectivity index (χ0n) is 17.0. The van der Waals surface area contributed by atoms with Gasteiger partial charge in [-0.15, -0.1) is 0 Å². The van der Waals surface area contributed by atoms with Crippen molar-refractivity contribution in [1.82, 2.24) is 14.8 Å². The highest BCUT2D eigenvalue weighted by Gasteiger charge is 2.26. The molecule has 1 atom stereocenters. The first-order valence-electron chi connectivity index (χ1n) is 10.9. The van der Waals surface area contributed by atoms with Crippen molar-refractivity contribution in [3.8, 4) is 0 Å². The first-order chi connectivity index (χ1) is 14.2. The second-order valence-corrected chi connectivity index (χ2v) is 8.37. The van der Waals surface area contributed by atoms with Crippen molar-refractivity contribution in [2.45, 2.75) is 44.4 Å². The summed E-state index contributed by atoms with van der Waals surface area (Å²) in [5.74, 6) is 0.436. The molecule has 3 heterocycles. The van der Waals surface area contributed by atoms with Crippen LogP contribution >= 0.6 is 0 Å². The van der Waals surface area contributed by atoms with Gasteiger partial charge in [-0.3, -0.25) is 14.7 Å². The van der Waals surface area contributed by atoms with Gasteiger partial charge in [0.1, 0.15) is 5.82 Å². The smallest absolute Gasteiger partial charge is 0.236 e. The monoisotopic (exact) mass is 395 g/mol. The van der Waals surface area contributed by atoms with E-state index in [1.807, 2.05) is 23.1 Å². The Morgan fingerprint density at radius 3 is 2.59 bits per heavy atom. The summed E-state index contributed by atoms with van der Waals surface area (Å²) in [6.07, 6.45) is 6.44. The summed E-state index contributed by atoms with van der Waals surface area (Å²) in [5, 5.41) is 0. The van der Waals surface area contributed by atoms with Gasteiger partial charge < -0.3 is 4.90 Å². The standard InChI is InChI=1S/C24H30FN3O/c25-21-11-9-19(10-12-21)16-22-7-4-8-23(26-22)20-6-5-13-27(17-20)18-24(29)28-14-2-1-3-15-28/h4,7-12,20H,1-3,5-6,13-18H2/t20-/m1/s1. The van der Waals surface area contributed by atoms with E-state index < -0.39 is 0 Å². The molecule has 0 bridgehead atoms. The molecule has 29 heavy (non-hydrogen) atoms. The number of rotatable bonds is 5. The number of benzene rings is 1. The molecule has 2 aromatic rings. The van der Waals surface area contributed by atoms with Crippen LogP contribution < -0.4 is 0 Å². The lowest BCUT2D eigenvalue weighted by molar-refractivity contribution is -0.133. The Morgan fingerprint density at radius 2 is 1.79 bits per heavy atom. The molecule has 0 unspecified atom stereocenters. The van der Waals surface area contributed by atoms with E-state index in [1.165, 1.54) is 18.6 Å². The summed E-state index contributed by atoms with van der Waals surface area (Å²) in [5.41, 5.74) is 3.18. The van der Waals surface area contributed by atoms with Crippen LogP contribution in [0.2, 0.25) is 0 Å². The third-order valence-corrected chi connectivity index (χ3v) is 6.12. The number of hydrogen-bond acceptors (Lipinski definition) is 3. The summed E-state index contributed by atoms with van der Waals surface area (Å²) in [6.45, 7) is 4.26. The largest absolute Gasteiger partial charge is 0.342 e. The van der Waals surface area contributed by atoms with Crippen molar-refractivity contribution in [2.24, 2.45) is 0 Å². The number of carbonyl (C=O) groups excluding carboxylic acids is 1. The Balaban J connectivity index is 1.37. The molecule has 0 saturated carbocycles. The average molecular weight is 396 g/mol. The minimum absolute atomic E-state index is 0.211. The van der Waals surface area contributed by atoms with Crippen LogP contribution in [0.1, 0.15) is 55.0 Å². The maximum Gasteiger partial charge on any atom is 0.236 e. The fourth-order valence-electron chi connectivity index (χ4n) is 4.51. The zero-order valence-corrected chi connectivity index (χ0v) is 17.0. The molecule has 2 fully saturated rings. The highest BCUT2D eigenvalue weighted by molar-refractivity contribution is 5.78. The van der Waals surface area contributed by atoms with Gasteiger partial charge in [-0.2, -0.15) is 0 Å². The molecule has 4 rings (SSSR count). The van der Waals surface area contributed by atoms with Crippen LogP contribution in [0.25, 0.3) is 0 Å². The maximum absolute atomic E-state index is 13.1. The highest BCUT2D eigenvalue weighted by atomic mass is 19.1. The number of nitrogens with zero attached hydrogens (tertiary/aromatic N) is 3. The average Bonchev–Trinajstić information content (AvgIpc) is 2.76. The van der Waals surface area contributed by atoms with Crippen LogP contribution in [0.3, 0.4) is 0 Å². The van der Waals surface area contributed by atoms with E-state index in [0.717, 1.165) is 68.8 Å². The molecule has 2 aliphatic rings. The number of pyridine rings is 1. The van der Waals surface area contributed by atoms with Gasteiger partial charge in [0.15, 0.2) is 0 Å². The summed E-state index contributed by atoms with van der Waals surface area (Å²) >= 11 is 0. The summed E-state index contributed by atoms with van der Waals surface area (Å²) < 4.78 is 13.1. The van der Waals surface area contributed by atoms with Crippen LogP contribution in [0, 0.1) is 5.82 Å². The maximum atomic E-state index is 13.1. The molecule has 1 aromatic carbocycles. The highest BCUT2D eigenvalue weighted by Crippen LogP contribution is 2.26. The normalized spacial score (nSPS) is 20.6. The molecular formula is C24H30FN3O. The third kappa shape index (κ3) is 5.41. The van der Waals surface area contributed by atoms with Crippen LogP contribution in [-0.2, 0) is 11.2 Å². The molecule has 0 N–H and O–H groups in total. The summed E-state index contributed by atoms with van der Waals surface area (Å²) in [6, 6.07) is 12.8. The Kier molecular flexibility index (Phi) is 6.55. The quantitative estimate of drug-likeness (QED) is 0.768. The van der Waals surface area contributed by atoms with Crippen LogP contribution in [-0.4, -0.2) is 53.4 Å². The fourth-order valence-corrected chi connectivity index (χ4v) is 4.51. The number of halogens is 1. The number of aromatic nitrogens is 1. The van der Waals surface area contributed by atoms with Gasteiger partial charge in [0, 0.05) is 43.4 Å². The lowest BCUT2D eigenvalue weighted by Gasteiger charge is -2.34. The van der Waals surface area contributed by atoms with Gasteiger partial charge >= 0.3 is 0 Å². The predicted octanol–water partition coefficient (Wildman–Crippen LogP) is 4.00. The molecule has 0 spiro atoms. The first kappa shape index (κ1) is 20.0. The van der Waals surface area contributed by atoms with E-state index in [0.29, 0.717) is 18.9 Å². The van der Waals surface area contributed by atoms with Crippen molar-refractivity contribution in [3.05, 3.63) is 65.2 Å². The van der Waals surface area contributed by atoms with Crippen molar-refractivity contribution < 1.29 is 9.18 Å². The predicted molar refractivity (Wildman–Crippen MR) is 112 cm³/mol. The molecule has 2 saturated heterocycles. The number of carbonyl (C=O) groups is 1. The molecular weight excluding hydrogens is 365 g/mol. The minimum Gasteiger partial charge on any atom is -0.342 e. The lowest BCUT2D eigenvalue weighted by Crippen LogP contribution is -2.45. The number of likely N-dealkylation sites (tertiary alicyclic amines) is 2. The van der Waals surface area contributed by atoms with Crippen molar-refractivity contribution >= 4 is 5.91 Å². The fraction of sp³-hybridized carbons (Fsp3) is 0.500. The van der Waals surface area contributed by atoms with E-state index in [-0.39, 0.29) is 11.7 Å². The Hall–Kier alpha value is -2.27. The minimum atomic E-state index is -0.211. The van der Waals surface area contributed by atoms with Crippen molar-refractivity contribution in [1.29, 1.82) is 0 Å². The van der Waals surface area contributed by atoms with Crippen molar-refractivity contribution in [3.63, 3.8) is 0 Å². The molecule has 1 amide bonds. The van der Waals surface area contributed by atoms with Gasteiger partial charge in [-0.25, -0.2) is 4.39 Å². The van der Waals surface area contributed by atoms with E-state index in [4.69, 9.17) is 4.98 Å². The number of piperidine rings is 2. The van der Waals surface area contributed by atoms with Gasteiger partial charge in [-0.05, 0) is 68.5 Å². The summed E-state index contributed by atoms with van der Waals surface area (Å²) in [4.78, 5) is 21.9. The molecule has 5 heteroatoms. The Labute approximate surface area is 172 Å². The van der Waals surface area contributed by atoms with Crippen molar-refractivity contribution in [2.75, 3.05) is 32.7 Å². The molecule has 0 radical (unpaired) electrons. The number of amides is 1. The lowest BCUT2D eigenvalue weighted by atomic mass is 9.93. The Bertz CT molecular complexity index is 817. The topological polar surface area (TPSA) is 36.4 Å². The van der Waals surface area contributed by atoms with Crippen LogP contribution in [0.5, 0.6) is 0 Å². The first-order valence-corrected chi connectivity index (χ1v) is 10.9. The molecule has 2 aliphatic heterocycles. The Morgan fingerprint density at radius 1 is 1.00 bits per heavy atom. The second-order valence-electron chi connectivity index (χ2n) is 8.37. The van der Waals surface area contributed by atoms with E-state index >= 15 is 0 Å². The third-order valence-electron chi connectivity index (χ3n) is 6.12.